The maximum Gasteiger partial charge on any atom is 0.250 e. The second-order valence-electron chi connectivity index (χ2n) is 5.41. The second kappa shape index (κ2) is 5.03. The van der Waals surface area contributed by atoms with Crippen LogP contribution in [0, 0.1) is 12.8 Å². The quantitative estimate of drug-likeness (QED) is 0.882. The van der Waals surface area contributed by atoms with Crippen LogP contribution in [-0.2, 0) is 9.59 Å². The molecular weight excluding hydrogens is 240 g/mol. The van der Waals surface area contributed by atoms with E-state index in [1.54, 1.807) is 11.8 Å². The number of anilines is 1. The molecule has 2 amide bonds. The van der Waals surface area contributed by atoms with Crippen molar-refractivity contribution in [1.29, 1.82) is 0 Å². The third-order valence-electron chi connectivity index (χ3n) is 3.52. The minimum Gasteiger partial charge on any atom is -0.343 e. The monoisotopic (exact) mass is 260 g/mol. The van der Waals surface area contributed by atoms with Gasteiger partial charge in [-0.05, 0) is 31.4 Å². The first-order chi connectivity index (χ1) is 8.93. The molecule has 4 nitrogen and oxygen atoms in total. The van der Waals surface area contributed by atoms with E-state index in [-0.39, 0.29) is 17.7 Å². The lowest BCUT2D eigenvalue weighted by Gasteiger charge is -2.40. The maximum absolute atomic E-state index is 12.4. The van der Waals surface area contributed by atoms with Gasteiger partial charge in [0.2, 0.25) is 11.8 Å². The number of para-hydroxylation sites is 1. The molecule has 19 heavy (non-hydrogen) atoms. The Kier molecular flexibility index (Phi) is 3.60. The average Bonchev–Trinajstić information content (AvgIpc) is 2.34. The van der Waals surface area contributed by atoms with Gasteiger partial charge in [0.25, 0.3) is 0 Å². The minimum absolute atomic E-state index is 0.0485. The van der Waals surface area contributed by atoms with Gasteiger partial charge in [-0.25, -0.2) is 0 Å². The predicted molar refractivity (Wildman–Crippen MR) is 74.9 cm³/mol. The molecule has 1 aliphatic heterocycles. The molecular formula is C15H20N2O2. The SMILES string of the molecule is Cc1ccccc1N1C(=O)C(C)NC(=O)C1C(C)C. The number of amides is 2. The summed E-state index contributed by atoms with van der Waals surface area (Å²) in [7, 11) is 0. The highest BCUT2D eigenvalue weighted by Gasteiger charge is 2.41. The number of nitrogens with zero attached hydrogens (tertiary/aromatic N) is 1. The zero-order valence-corrected chi connectivity index (χ0v) is 11.8. The molecule has 0 bridgehead atoms. The standard InChI is InChI=1S/C15H20N2O2/c1-9(2)13-14(18)16-11(4)15(19)17(13)12-8-6-5-7-10(12)3/h5-9,11,13H,1-4H3,(H,16,18). The number of aryl methyl sites for hydroxylation is 1. The zero-order chi connectivity index (χ0) is 14.2. The van der Waals surface area contributed by atoms with Crippen molar-refractivity contribution >= 4 is 17.5 Å². The molecule has 2 rings (SSSR count). The van der Waals surface area contributed by atoms with Crippen molar-refractivity contribution in [3.63, 3.8) is 0 Å². The van der Waals surface area contributed by atoms with Gasteiger partial charge >= 0.3 is 0 Å². The Morgan fingerprint density at radius 3 is 2.42 bits per heavy atom. The van der Waals surface area contributed by atoms with Crippen LogP contribution in [0.15, 0.2) is 24.3 Å². The number of rotatable bonds is 2. The van der Waals surface area contributed by atoms with Gasteiger partial charge in [0.05, 0.1) is 0 Å². The molecule has 102 valence electrons. The van der Waals surface area contributed by atoms with Crippen molar-refractivity contribution in [1.82, 2.24) is 5.32 Å². The number of carbonyl (C=O) groups excluding carboxylic acids is 2. The number of carbonyl (C=O) groups is 2. The summed E-state index contributed by atoms with van der Waals surface area (Å²) in [6, 6.07) is 6.77. The normalized spacial score (nSPS) is 23.7. The molecule has 0 radical (unpaired) electrons. The van der Waals surface area contributed by atoms with Gasteiger partial charge in [-0.15, -0.1) is 0 Å². The molecule has 1 saturated heterocycles. The van der Waals surface area contributed by atoms with Crippen LogP contribution >= 0.6 is 0 Å². The van der Waals surface area contributed by atoms with Crippen molar-refractivity contribution in [2.75, 3.05) is 4.90 Å². The number of hydrogen-bond donors (Lipinski definition) is 1. The highest BCUT2D eigenvalue weighted by atomic mass is 16.2. The topological polar surface area (TPSA) is 49.4 Å². The van der Waals surface area contributed by atoms with Crippen LogP contribution in [0.5, 0.6) is 0 Å². The lowest BCUT2D eigenvalue weighted by molar-refractivity contribution is -0.134. The molecule has 0 aromatic heterocycles. The summed E-state index contributed by atoms with van der Waals surface area (Å²) in [6.45, 7) is 7.59. The molecule has 1 heterocycles. The largest absolute Gasteiger partial charge is 0.343 e. The summed E-state index contributed by atoms with van der Waals surface area (Å²) >= 11 is 0. The Bertz CT molecular complexity index is 511. The summed E-state index contributed by atoms with van der Waals surface area (Å²) in [5.41, 5.74) is 1.83. The molecule has 1 fully saturated rings. The van der Waals surface area contributed by atoms with Crippen molar-refractivity contribution in [2.45, 2.75) is 39.8 Å². The molecule has 1 aromatic carbocycles. The number of benzene rings is 1. The smallest absolute Gasteiger partial charge is 0.250 e. The Morgan fingerprint density at radius 1 is 1.21 bits per heavy atom. The van der Waals surface area contributed by atoms with E-state index < -0.39 is 12.1 Å². The van der Waals surface area contributed by atoms with Crippen molar-refractivity contribution in [3.05, 3.63) is 29.8 Å². The maximum atomic E-state index is 12.4. The van der Waals surface area contributed by atoms with Crippen LogP contribution in [0.25, 0.3) is 0 Å². The van der Waals surface area contributed by atoms with Gasteiger partial charge in [-0.2, -0.15) is 0 Å². The Balaban J connectivity index is 2.51. The van der Waals surface area contributed by atoms with Crippen molar-refractivity contribution < 1.29 is 9.59 Å². The molecule has 1 N–H and O–H groups in total. The third kappa shape index (κ3) is 2.35. The fraction of sp³-hybridized carbons (Fsp3) is 0.467. The summed E-state index contributed by atoms with van der Waals surface area (Å²) < 4.78 is 0. The van der Waals surface area contributed by atoms with E-state index in [4.69, 9.17) is 0 Å². The summed E-state index contributed by atoms with van der Waals surface area (Å²) in [6.07, 6.45) is 0. The fourth-order valence-corrected chi connectivity index (χ4v) is 2.53. The first kappa shape index (κ1) is 13.6. The second-order valence-corrected chi connectivity index (χ2v) is 5.41. The predicted octanol–water partition coefficient (Wildman–Crippen LogP) is 1.87. The fourth-order valence-electron chi connectivity index (χ4n) is 2.53. The van der Waals surface area contributed by atoms with Gasteiger partial charge in [-0.1, -0.05) is 32.0 Å². The highest BCUT2D eigenvalue weighted by molar-refractivity contribution is 6.08. The summed E-state index contributed by atoms with van der Waals surface area (Å²) in [5.74, 6) is -0.0611. The zero-order valence-electron chi connectivity index (χ0n) is 11.8. The van der Waals surface area contributed by atoms with Gasteiger partial charge in [-0.3, -0.25) is 14.5 Å². The number of hydrogen-bond acceptors (Lipinski definition) is 2. The Hall–Kier alpha value is -1.84. The first-order valence-electron chi connectivity index (χ1n) is 6.62. The lowest BCUT2D eigenvalue weighted by Crippen LogP contribution is -2.64. The lowest BCUT2D eigenvalue weighted by atomic mass is 9.96. The third-order valence-corrected chi connectivity index (χ3v) is 3.52. The van der Waals surface area contributed by atoms with Gasteiger partial charge in [0.15, 0.2) is 0 Å². The molecule has 0 saturated carbocycles. The molecule has 1 aliphatic rings. The van der Waals surface area contributed by atoms with Crippen molar-refractivity contribution in [3.8, 4) is 0 Å². The van der Waals surface area contributed by atoms with Crippen LogP contribution in [0.4, 0.5) is 5.69 Å². The van der Waals surface area contributed by atoms with E-state index in [1.165, 1.54) is 0 Å². The van der Waals surface area contributed by atoms with E-state index in [0.29, 0.717) is 0 Å². The first-order valence-corrected chi connectivity index (χ1v) is 6.62. The highest BCUT2D eigenvalue weighted by Crippen LogP contribution is 2.27. The molecule has 0 spiro atoms. The van der Waals surface area contributed by atoms with E-state index in [0.717, 1.165) is 11.3 Å². The average molecular weight is 260 g/mol. The summed E-state index contributed by atoms with van der Waals surface area (Å²) in [4.78, 5) is 26.3. The van der Waals surface area contributed by atoms with Crippen LogP contribution in [-0.4, -0.2) is 23.9 Å². The summed E-state index contributed by atoms with van der Waals surface area (Å²) in [5, 5.41) is 2.75. The van der Waals surface area contributed by atoms with Gasteiger partial charge < -0.3 is 5.32 Å². The van der Waals surface area contributed by atoms with Gasteiger partial charge in [0, 0.05) is 5.69 Å². The molecule has 1 aromatic rings. The molecule has 4 heteroatoms. The van der Waals surface area contributed by atoms with E-state index in [9.17, 15) is 9.59 Å². The molecule has 2 atom stereocenters. The van der Waals surface area contributed by atoms with Gasteiger partial charge in [0.1, 0.15) is 12.1 Å². The van der Waals surface area contributed by atoms with Crippen LogP contribution in [0.1, 0.15) is 26.3 Å². The number of piperazine rings is 1. The van der Waals surface area contributed by atoms with Crippen LogP contribution in [0.3, 0.4) is 0 Å². The molecule has 2 unspecified atom stereocenters. The number of nitrogens with one attached hydrogen (secondary N) is 1. The van der Waals surface area contributed by atoms with Crippen LogP contribution in [0.2, 0.25) is 0 Å². The molecule has 0 aliphatic carbocycles. The van der Waals surface area contributed by atoms with E-state index >= 15 is 0 Å². The van der Waals surface area contributed by atoms with E-state index in [1.807, 2.05) is 45.0 Å². The van der Waals surface area contributed by atoms with Crippen LogP contribution < -0.4 is 10.2 Å². The Morgan fingerprint density at radius 2 is 1.84 bits per heavy atom. The van der Waals surface area contributed by atoms with Crippen molar-refractivity contribution in [2.24, 2.45) is 5.92 Å². The van der Waals surface area contributed by atoms with E-state index in [2.05, 4.69) is 5.32 Å². The Labute approximate surface area is 113 Å². The minimum atomic E-state index is -0.470.